The first kappa shape index (κ1) is 31.1. The molecule has 12 heteroatoms. The number of carbonyl (C=O) groups excluding carboxylic acids is 3. The standard InChI is InChI=1S/C32H34BrN7O4/c1-5-6-20-7-8-26(33)38-30(20)39-31(44)24-11-32(16-41)12-25(32)40(24)27(43)15-37-29-17(2)9-21(10-23(29)28(34)18(3)42)22-13-35-19(4)36-14-22/h5,7-10,13-14,24-25,34,37,41H,1,6,11-12,15-16H2,2-4H3,(H,38,39,44)/t24-,25+,32-/m0/s1. The highest BCUT2D eigenvalue weighted by Gasteiger charge is 2.66. The number of anilines is 2. The van der Waals surface area contributed by atoms with Crippen molar-refractivity contribution in [1.82, 2.24) is 19.9 Å². The molecule has 1 saturated heterocycles. The number of aliphatic hydroxyl groups is 1. The van der Waals surface area contributed by atoms with Gasteiger partial charge in [-0.1, -0.05) is 12.1 Å². The summed E-state index contributed by atoms with van der Waals surface area (Å²) in [5.41, 5.74) is 3.09. The first-order chi connectivity index (χ1) is 21.0. The van der Waals surface area contributed by atoms with Crippen LogP contribution in [0.4, 0.5) is 11.5 Å². The number of rotatable bonds is 11. The number of aliphatic hydroxyl groups excluding tert-OH is 1. The average molecular weight is 661 g/mol. The van der Waals surface area contributed by atoms with Gasteiger partial charge in [0.2, 0.25) is 11.8 Å². The third-order valence-electron chi connectivity index (χ3n) is 8.36. The van der Waals surface area contributed by atoms with Gasteiger partial charge in [0, 0.05) is 47.6 Å². The second kappa shape index (κ2) is 12.4. The molecule has 1 aromatic carbocycles. The number of benzene rings is 1. The van der Waals surface area contributed by atoms with Gasteiger partial charge in [-0.2, -0.15) is 0 Å². The highest BCUT2D eigenvalue weighted by atomic mass is 79.9. The molecule has 1 aliphatic heterocycles. The Kier molecular flexibility index (Phi) is 8.76. The van der Waals surface area contributed by atoms with Crippen molar-refractivity contribution in [3.8, 4) is 11.1 Å². The van der Waals surface area contributed by atoms with Gasteiger partial charge in [0.05, 0.1) is 13.2 Å². The molecule has 4 N–H and O–H groups in total. The number of nitrogens with one attached hydrogen (secondary N) is 3. The van der Waals surface area contributed by atoms with Crippen LogP contribution < -0.4 is 10.6 Å². The van der Waals surface area contributed by atoms with E-state index in [4.69, 9.17) is 5.41 Å². The first-order valence-electron chi connectivity index (χ1n) is 14.2. The summed E-state index contributed by atoms with van der Waals surface area (Å²) >= 11 is 3.35. The number of amides is 2. The van der Waals surface area contributed by atoms with Crippen molar-refractivity contribution in [2.75, 3.05) is 23.8 Å². The van der Waals surface area contributed by atoms with Crippen molar-refractivity contribution >= 4 is 50.7 Å². The van der Waals surface area contributed by atoms with Gasteiger partial charge in [-0.15, -0.1) is 6.58 Å². The van der Waals surface area contributed by atoms with Crippen molar-refractivity contribution in [2.24, 2.45) is 5.41 Å². The van der Waals surface area contributed by atoms with E-state index in [1.807, 2.05) is 19.1 Å². The Balaban J connectivity index is 1.39. The number of hydrogen-bond donors (Lipinski definition) is 4. The third kappa shape index (κ3) is 6.04. The van der Waals surface area contributed by atoms with Crippen LogP contribution in [0.3, 0.4) is 0 Å². The Morgan fingerprint density at radius 1 is 1.18 bits per heavy atom. The fourth-order valence-electron chi connectivity index (χ4n) is 5.91. The zero-order valence-electron chi connectivity index (χ0n) is 24.8. The summed E-state index contributed by atoms with van der Waals surface area (Å²) in [5.74, 6) is -0.120. The van der Waals surface area contributed by atoms with E-state index in [1.54, 1.807) is 42.4 Å². The fourth-order valence-corrected chi connectivity index (χ4v) is 6.22. The Labute approximate surface area is 263 Å². The molecule has 0 radical (unpaired) electrons. The van der Waals surface area contributed by atoms with Crippen molar-refractivity contribution < 1.29 is 19.5 Å². The van der Waals surface area contributed by atoms with E-state index in [-0.39, 0.29) is 36.7 Å². The number of ketones is 1. The predicted molar refractivity (Wildman–Crippen MR) is 171 cm³/mol. The molecule has 0 bridgehead atoms. The van der Waals surface area contributed by atoms with Gasteiger partial charge < -0.3 is 20.6 Å². The molecular weight excluding hydrogens is 626 g/mol. The smallest absolute Gasteiger partial charge is 0.248 e. The number of nitrogens with zero attached hydrogens (tertiary/aromatic N) is 4. The summed E-state index contributed by atoms with van der Waals surface area (Å²) in [6, 6.07) is 6.16. The molecule has 1 saturated carbocycles. The van der Waals surface area contributed by atoms with Gasteiger partial charge in [0.25, 0.3) is 0 Å². The summed E-state index contributed by atoms with van der Waals surface area (Å²) in [5, 5.41) is 24.7. The number of likely N-dealkylation sites (tertiary alicyclic amines) is 1. The number of allylic oxidation sites excluding steroid dienone is 1. The molecule has 5 rings (SSSR count). The summed E-state index contributed by atoms with van der Waals surface area (Å²) in [6.07, 6.45) is 6.53. The molecule has 228 valence electrons. The van der Waals surface area contributed by atoms with Crippen LogP contribution in [0.5, 0.6) is 0 Å². The number of fused-ring (bicyclic) bond motifs is 1. The molecular formula is C32H34BrN7O4. The second-order valence-corrected chi connectivity index (χ2v) is 12.2. The zero-order chi connectivity index (χ0) is 31.8. The summed E-state index contributed by atoms with van der Waals surface area (Å²) in [4.78, 5) is 54.1. The Bertz CT molecular complexity index is 1680. The predicted octanol–water partition coefficient (Wildman–Crippen LogP) is 4.01. The highest BCUT2D eigenvalue weighted by molar-refractivity contribution is 9.10. The number of halogens is 1. The lowest BCUT2D eigenvalue weighted by atomic mass is 9.95. The molecule has 2 fully saturated rings. The quantitative estimate of drug-likeness (QED) is 0.136. The maximum absolute atomic E-state index is 13.8. The van der Waals surface area contributed by atoms with Crippen LogP contribution in [0.1, 0.15) is 42.3 Å². The average Bonchev–Trinajstić information content (AvgIpc) is 3.61. The van der Waals surface area contributed by atoms with E-state index in [0.29, 0.717) is 46.8 Å². The van der Waals surface area contributed by atoms with E-state index < -0.39 is 17.2 Å². The number of piperidine rings is 1. The van der Waals surface area contributed by atoms with Crippen LogP contribution in [-0.2, 0) is 20.8 Å². The van der Waals surface area contributed by atoms with Crippen molar-refractivity contribution in [2.45, 2.75) is 52.1 Å². The molecule has 11 nitrogen and oxygen atoms in total. The molecule has 0 unspecified atom stereocenters. The number of aryl methyl sites for hydroxylation is 2. The van der Waals surface area contributed by atoms with E-state index in [0.717, 1.165) is 22.3 Å². The molecule has 1 aliphatic carbocycles. The summed E-state index contributed by atoms with van der Waals surface area (Å²) in [7, 11) is 0. The lowest BCUT2D eigenvalue weighted by molar-refractivity contribution is -0.136. The van der Waals surface area contributed by atoms with E-state index in [2.05, 4.69) is 48.1 Å². The van der Waals surface area contributed by atoms with Crippen molar-refractivity contribution in [1.29, 1.82) is 5.41 Å². The van der Waals surface area contributed by atoms with Gasteiger partial charge in [-0.25, -0.2) is 15.0 Å². The van der Waals surface area contributed by atoms with Crippen LogP contribution in [0.15, 0.2) is 53.9 Å². The summed E-state index contributed by atoms with van der Waals surface area (Å²) in [6.45, 7) is 8.41. The normalized spacial score (nSPS) is 20.1. The highest BCUT2D eigenvalue weighted by Crippen LogP contribution is 2.59. The number of hydrogen-bond acceptors (Lipinski definition) is 9. The fraction of sp³-hybridized carbons (Fsp3) is 0.344. The van der Waals surface area contributed by atoms with Crippen LogP contribution in [0.25, 0.3) is 11.1 Å². The van der Waals surface area contributed by atoms with E-state index in [9.17, 15) is 19.5 Å². The second-order valence-electron chi connectivity index (χ2n) is 11.4. The van der Waals surface area contributed by atoms with Crippen molar-refractivity contribution in [3.63, 3.8) is 0 Å². The van der Waals surface area contributed by atoms with Gasteiger partial charge in [0.15, 0.2) is 5.78 Å². The Hall–Kier alpha value is -4.29. The third-order valence-corrected chi connectivity index (χ3v) is 8.80. The molecule has 3 atom stereocenters. The van der Waals surface area contributed by atoms with E-state index in [1.165, 1.54) is 6.92 Å². The monoisotopic (exact) mass is 659 g/mol. The minimum atomic E-state index is -0.799. The maximum Gasteiger partial charge on any atom is 0.248 e. The largest absolute Gasteiger partial charge is 0.396 e. The van der Waals surface area contributed by atoms with Gasteiger partial charge >= 0.3 is 0 Å². The minimum absolute atomic E-state index is 0.126. The lowest BCUT2D eigenvalue weighted by Gasteiger charge is -2.27. The molecule has 3 aromatic rings. The molecule has 3 heterocycles. The van der Waals surface area contributed by atoms with Gasteiger partial charge in [-0.05, 0) is 83.9 Å². The van der Waals surface area contributed by atoms with Crippen LogP contribution in [0.2, 0.25) is 0 Å². The molecule has 44 heavy (non-hydrogen) atoms. The summed E-state index contributed by atoms with van der Waals surface area (Å²) < 4.78 is 0.557. The van der Waals surface area contributed by atoms with Crippen molar-refractivity contribution in [3.05, 3.63) is 76.4 Å². The minimum Gasteiger partial charge on any atom is -0.396 e. The van der Waals surface area contributed by atoms with Crippen LogP contribution in [0, 0.1) is 24.7 Å². The number of pyridine rings is 1. The SMILES string of the molecule is C=CCc1ccc(Br)nc1NC(=O)[C@@H]1C[C@@]2(CO)C[C@H]2N1C(=O)CNc1c(C)cc(-c2cnc(C)nc2)cc1C(=N)C(C)=O. The van der Waals surface area contributed by atoms with Gasteiger partial charge in [-0.3, -0.25) is 19.8 Å². The lowest BCUT2D eigenvalue weighted by Crippen LogP contribution is -2.47. The van der Waals surface area contributed by atoms with Gasteiger partial charge in [0.1, 0.15) is 28.0 Å². The van der Waals surface area contributed by atoms with Crippen LogP contribution in [-0.4, -0.2) is 73.5 Å². The molecule has 2 aliphatic rings. The number of aromatic nitrogens is 3. The first-order valence-corrected chi connectivity index (χ1v) is 15.0. The van der Waals surface area contributed by atoms with E-state index >= 15 is 0 Å². The maximum atomic E-state index is 13.8. The number of Topliss-reactive ketones (excluding diaryl/α,β-unsaturated/α-hetero) is 1. The Morgan fingerprint density at radius 2 is 1.91 bits per heavy atom. The molecule has 2 amide bonds. The molecule has 0 spiro atoms. The number of carbonyl (C=O) groups is 3. The Morgan fingerprint density at radius 3 is 2.57 bits per heavy atom. The molecule has 2 aromatic heterocycles. The van der Waals surface area contributed by atoms with Crippen LogP contribution >= 0.6 is 15.9 Å². The zero-order valence-corrected chi connectivity index (χ0v) is 26.4. The topological polar surface area (TPSA) is 161 Å².